The van der Waals surface area contributed by atoms with Crippen molar-refractivity contribution in [3.05, 3.63) is 70.2 Å². The van der Waals surface area contributed by atoms with Gasteiger partial charge in [-0.25, -0.2) is 0 Å². The summed E-state index contributed by atoms with van der Waals surface area (Å²) in [5.41, 5.74) is 3.23. The number of likely N-dealkylation sites (tertiary alicyclic amines) is 1. The molecule has 3 rings (SSSR count). The van der Waals surface area contributed by atoms with Gasteiger partial charge in [-0.2, -0.15) is 0 Å². The monoisotopic (exact) mass is 384 g/mol. The molecule has 0 aliphatic carbocycles. The maximum absolute atomic E-state index is 12.5. The van der Waals surface area contributed by atoms with Gasteiger partial charge in [-0.3, -0.25) is 9.59 Å². The zero-order chi connectivity index (χ0) is 19.2. The summed E-state index contributed by atoms with van der Waals surface area (Å²) in [6.07, 6.45) is 1.85. The second kappa shape index (κ2) is 9.05. The summed E-state index contributed by atoms with van der Waals surface area (Å²) in [6, 6.07) is 15.5. The highest BCUT2D eigenvalue weighted by molar-refractivity contribution is 6.30. The first-order chi connectivity index (χ1) is 13.0. The number of amides is 2. The number of hydrogen-bond acceptors (Lipinski definition) is 2. The highest BCUT2D eigenvalue weighted by atomic mass is 35.5. The molecule has 0 spiro atoms. The van der Waals surface area contributed by atoms with Crippen LogP contribution in [-0.2, 0) is 22.6 Å². The SMILES string of the molecule is Cc1cccc(CC(=O)N2CCC(C(=O)NCc3ccc(Cl)cc3)CC2)c1. The van der Waals surface area contributed by atoms with Gasteiger partial charge in [0.25, 0.3) is 0 Å². The number of carbonyl (C=O) groups is 2. The fraction of sp³-hybridized carbons (Fsp3) is 0.364. The quantitative estimate of drug-likeness (QED) is 0.853. The Labute approximate surface area is 165 Å². The van der Waals surface area contributed by atoms with Crippen LogP contribution in [0.5, 0.6) is 0 Å². The lowest BCUT2D eigenvalue weighted by Crippen LogP contribution is -2.43. The Morgan fingerprint density at radius 1 is 1.07 bits per heavy atom. The highest BCUT2D eigenvalue weighted by Crippen LogP contribution is 2.19. The molecule has 1 saturated heterocycles. The van der Waals surface area contributed by atoms with E-state index in [0.29, 0.717) is 43.9 Å². The largest absolute Gasteiger partial charge is 0.352 e. The van der Waals surface area contributed by atoms with Gasteiger partial charge in [-0.15, -0.1) is 0 Å². The fourth-order valence-corrected chi connectivity index (χ4v) is 3.56. The Kier molecular flexibility index (Phi) is 6.51. The molecule has 4 nitrogen and oxygen atoms in total. The van der Waals surface area contributed by atoms with Crippen LogP contribution in [0.25, 0.3) is 0 Å². The van der Waals surface area contributed by atoms with E-state index in [1.165, 1.54) is 0 Å². The summed E-state index contributed by atoms with van der Waals surface area (Å²) in [7, 11) is 0. The number of hydrogen-bond donors (Lipinski definition) is 1. The van der Waals surface area contributed by atoms with E-state index < -0.39 is 0 Å². The molecule has 1 N–H and O–H groups in total. The van der Waals surface area contributed by atoms with Crippen LogP contribution in [0.1, 0.15) is 29.5 Å². The third-order valence-electron chi connectivity index (χ3n) is 5.04. The van der Waals surface area contributed by atoms with E-state index in [0.717, 1.165) is 16.7 Å². The molecular formula is C22H25ClN2O2. The lowest BCUT2D eigenvalue weighted by Gasteiger charge is -2.31. The van der Waals surface area contributed by atoms with Gasteiger partial charge in [0.15, 0.2) is 0 Å². The summed E-state index contributed by atoms with van der Waals surface area (Å²) < 4.78 is 0. The summed E-state index contributed by atoms with van der Waals surface area (Å²) in [4.78, 5) is 26.8. The van der Waals surface area contributed by atoms with Crippen LogP contribution in [0, 0.1) is 12.8 Å². The molecule has 5 heteroatoms. The number of benzene rings is 2. The van der Waals surface area contributed by atoms with Gasteiger partial charge in [0.1, 0.15) is 0 Å². The van der Waals surface area contributed by atoms with Crippen molar-refractivity contribution >= 4 is 23.4 Å². The number of carbonyl (C=O) groups excluding carboxylic acids is 2. The van der Waals surface area contributed by atoms with Crippen molar-refractivity contribution in [2.45, 2.75) is 32.7 Å². The van der Waals surface area contributed by atoms with Crippen LogP contribution in [0.2, 0.25) is 5.02 Å². The third kappa shape index (κ3) is 5.57. The van der Waals surface area contributed by atoms with E-state index in [1.54, 1.807) is 0 Å². The lowest BCUT2D eigenvalue weighted by atomic mass is 9.95. The molecule has 1 aliphatic heterocycles. The molecule has 0 unspecified atom stereocenters. The standard InChI is InChI=1S/C22H25ClN2O2/c1-16-3-2-4-18(13-16)14-21(26)25-11-9-19(10-12-25)22(27)24-15-17-5-7-20(23)8-6-17/h2-8,13,19H,9-12,14-15H2,1H3,(H,24,27). The molecule has 142 valence electrons. The van der Waals surface area contributed by atoms with Gasteiger partial charge in [0, 0.05) is 30.6 Å². The second-order valence-corrected chi connectivity index (χ2v) is 7.60. The summed E-state index contributed by atoms with van der Waals surface area (Å²) >= 11 is 5.87. The van der Waals surface area contributed by atoms with Crippen molar-refractivity contribution < 1.29 is 9.59 Å². The van der Waals surface area contributed by atoms with Crippen LogP contribution >= 0.6 is 11.6 Å². The maximum atomic E-state index is 12.5. The Balaban J connectivity index is 1.44. The molecule has 27 heavy (non-hydrogen) atoms. The number of rotatable bonds is 5. The minimum atomic E-state index is -0.0275. The van der Waals surface area contributed by atoms with Crippen LogP contribution in [0.3, 0.4) is 0 Å². The van der Waals surface area contributed by atoms with Crippen molar-refractivity contribution in [2.24, 2.45) is 5.92 Å². The summed E-state index contributed by atoms with van der Waals surface area (Å²) in [5.74, 6) is 0.177. The number of nitrogens with one attached hydrogen (secondary N) is 1. The molecule has 2 aromatic rings. The third-order valence-corrected chi connectivity index (χ3v) is 5.29. The van der Waals surface area contributed by atoms with Crippen LogP contribution < -0.4 is 5.32 Å². The first-order valence-electron chi connectivity index (χ1n) is 9.37. The Morgan fingerprint density at radius 3 is 2.44 bits per heavy atom. The Bertz CT molecular complexity index is 796. The zero-order valence-electron chi connectivity index (χ0n) is 15.6. The Hall–Kier alpha value is -2.33. The molecule has 0 atom stereocenters. The van der Waals surface area contributed by atoms with E-state index >= 15 is 0 Å². The minimum Gasteiger partial charge on any atom is -0.352 e. The van der Waals surface area contributed by atoms with E-state index in [4.69, 9.17) is 11.6 Å². The topological polar surface area (TPSA) is 49.4 Å². The zero-order valence-corrected chi connectivity index (χ0v) is 16.3. The molecule has 0 radical (unpaired) electrons. The molecule has 1 aliphatic rings. The van der Waals surface area contributed by atoms with E-state index in [9.17, 15) is 9.59 Å². The molecule has 0 aromatic heterocycles. The second-order valence-electron chi connectivity index (χ2n) is 7.17. The van der Waals surface area contributed by atoms with Gasteiger partial charge in [0.2, 0.25) is 11.8 Å². The minimum absolute atomic E-state index is 0.0275. The highest BCUT2D eigenvalue weighted by Gasteiger charge is 2.27. The normalized spacial score (nSPS) is 14.8. The van der Waals surface area contributed by atoms with E-state index in [2.05, 4.69) is 11.4 Å². The lowest BCUT2D eigenvalue weighted by molar-refractivity contribution is -0.135. The number of nitrogens with zero attached hydrogens (tertiary/aromatic N) is 1. The number of halogens is 1. The smallest absolute Gasteiger partial charge is 0.226 e. The summed E-state index contributed by atoms with van der Waals surface area (Å²) in [5, 5.41) is 3.68. The molecule has 0 saturated carbocycles. The molecule has 1 heterocycles. The van der Waals surface area contributed by atoms with Crippen molar-refractivity contribution in [3.63, 3.8) is 0 Å². The molecule has 2 aromatic carbocycles. The summed E-state index contributed by atoms with van der Waals surface area (Å²) in [6.45, 7) is 3.82. The van der Waals surface area contributed by atoms with E-state index in [1.807, 2.05) is 54.3 Å². The van der Waals surface area contributed by atoms with Crippen molar-refractivity contribution in [1.29, 1.82) is 0 Å². The van der Waals surface area contributed by atoms with Crippen LogP contribution in [-0.4, -0.2) is 29.8 Å². The van der Waals surface area contributed by atoms with E-state index in [-0.39, 0.29) is 17.7 Å². The average molecular weight is 385 g/mol. The molecular weight excluding hydrogens is 360 g/mol. The molecule has 1 fully saturated rings. The van der Waals surface area contributed by atoms with Crippen molar-refractivity contribution in [1.82, 2.24) is 10.2 Å². The van der Waals surface area contributed by atoms with Gasteiger partial charge >= 0.3 is 0 Å². The van der Waals surface area contributed by atoms with Gasteiger partial charge < -0.3 is 10.2 Å². The predicted molar refractivity (Wildman–Crippen MR) is 107 cm³/mol. The van der Waals surface area contributed by atoms with Gasteiger partial charge in [-0.1, -0.05) is 53.6 Å². The van der Waals surface area contributed by atoms with Crippen molar-refractivity contribution in [3.8, 4) is 0 Å². The molecule has 2 amide bonds. The fourth-order valence-electron chi connectivity index (χ4n) is 3.44. The first-order valence-corrected chi connectivity index (χ1v) is 9.74. The van der Waals surface area contributed by atoms with Crippen molar-refractivity contribution in [2.75, 3.05) is 13.1 Å². The van der Waals surface area contributed by atoms with Crippen LogP contribution in [0.4, 0.5) is 0 Å². The Morgan fingerprint density at radius 2 is 1.78 bits per heavy atom. The predicted octanol–water partition coefficient (Wildman–Crippen LogP) is 3.75. The number of aryl methyl sites for hydroxylation is 1. The van der Waals surface area contributed by atoms with Gasteiger partial charge in [0.05, 0.1) is 6.42 Å². The van der Waals surface area contributed by atoms with Gasteiger partial charge in [-0.05, 0) is 43.0 Å². The molecule has 0 bridgehead atoms. The maximum Gasteiger partial charge on any atom is 0.226 e. The number of piperidine rings is 1. The first kappa shape index (κ1) is 19.4. The van der Waals surface area contributed by atoms with Crippen LogP contribution in [0.15, 0.2) is 48.5 Å². The average Bonchev–Trinajstić information content (AvgIpc) is 2.67.